The monoisotopic (exact) mass is 169 g/mol. The van der Waals surface area contributed by atoms with Gasteiger partial charge in [-0.05, 0) is 12.8 Å². The van der Waals surface area contributed by atoms with Gasteiger partial charge in [-0.2, -0.15) is 13.2 Å². The van der Waals surface area contributed by atoms with Gasteiger partial charge in [-0.15, -0.1) is 0 Å². The minimum absolute atomic E-state index is 0.364. The van der Waals surface area contributed by atoms with E-state index in [0.29, 0.717) is 12.8 Å². The molecule has 0 fully saturated rings. The summed E-state index contributed by atoms with van der Waals surface area (Å²) in [6, 6.07) is 0. The summed E-state index contributed by atoms with van der Waals surface area (Å²) < 4.78 is 35.5. The number of nitrogens with two attached hydrogens (primary N) is 1. The summed E-state index contributed by atoms with van der Waals surface area (Å²) in [5.41, 5.74) is 4.41. The molecule has 0 rings (SSSR count). The molecule has 0 saturated carbocycles. The molecular weight excluding hydrogens is 155 g/mol. The Hall–Kier alpha value is -0.250. The maximum absolute atomic E-state index is 11.8. The fraction of sp³-hybridized carbons (Fsp3) is 1.00. The van der Waals surface area contributed by atoms with E-state index < -0.39 is 18.1 Å². The molecule has 0 aliphatic rings. The van der Waals surface area contributed by atoms with E-state index in [-0.39, 0.29) is 0 Å². The van der Waals surface area contributed by atoms with Gasteiger partial charge < -0.3 is 5.73 Å². The van der Waals surface area contributed by atoms with Crippen LogP contribution in [0.5, 0.6) is 0 Å². The van der Waals surface area contributed by atoms with Crippen molar-refractivity contribution in [2.45, 2.75) is 44.8 Å². The quantitative estimate of drug-likeness (QED) is 0.690. The van der Waals surface area contributed by atoms with E-state index in [0.717, 1.165) is 0 Å². The van der Waals surface area contributed by atoms with Gasteiger partial charge in [0, 0.05) is 5.54 Å². The Labute approximate surface area is 64.8 Å². The Morgan fingerprint density at radius 1 is 1.09 bits per heavy atom. The van der Waals surface area contributed by atoms with Crippen LogP contribution in [0.15, 0.2) is 0 Å². The molecule has 0 heterocycles. The van der Waals surface area contributed by atoms with Gasteiger partial charge in [0.05, 0.1) is 6.42 Å². The first kappa shape index (κ1) is 10.8. The van der Waals surface area contributed by atoms with Crippen LogP contribution in [-0.2, 0) is 0 Å². The zero-order valence-corrected chi connectivity index (χ0v) is 6.83. The summed E-state index contributed by atoms with van der Waals surface area (Å²) >= 11 is 0. The summed E-state index contributed by atoms with van der Waals surface area (Å²) in [4.78, 5) is 0. The van der Waals surface area contributed by atoms with Crippen molar-refractivity contribution in [2.75, 3.05) is 0 Å². The van der Waals surface area contributed by atoms with Crippen LogP contribution < -0.4 is 5.73 Å². The second-order valence-corrected chi connectivity index (χ2v) is 2.86. The number of hydrogen-bond donors (Lipinski definition) is 1. The molecule has 0 bridgehead atoms. The topological polar surface area (TPSA) is 26.0 Å². The molecule has 0 radical (unpaired) electrons. The number of rotatable bonds is 3. The molecule has 0 aliphatic carbocycles. The van der Waals surface area contributed by atoms with Crippen molar-refractivity contribution in [3.05, 3.63) is 0 Å². The summed E-state index contributed by atoms with van der Waals surface area (Å²) in [7, 11) is 0. The molecule has 0 aromatic rings. The van der Waals surface area contributed by atoms with Crippen molar-refractivity contribution >= 4 is 0 Å². The summed E-state index contributed by atoms with van der Waals surface area (Å²) in [6.07, 6.45) is -4.29. The van der Waals surface area contributed by atoms with Crippen molar-refractivity contribution in [1.29, 1.82) is 0 Å². The highest BCUT2D eigenvalue weighted by atomic mass is 19.4. The third-order valence-electron chi connectivity index (χ3n) is 1.96. The molecule has 0 spiro atoms. The minimum Gasteiger partial charge on any atom is -0.325 e. The maximum Gasteiger partial charge on any atom is 0.390 e. The summed E-state index contributed by atoms with van der Waals surface area (Å²) in [5, 5.41) is 0. The Morgan fingerprint density at radius 2 is 1.45 bits per heavy atom. The predicted molar refractivity (Wildman–Crippen MR) is 38.2 cm³/mol. The fourth-order valence-electron chi connectivity index (χ4n) is 0.899. The van der Waals surface area contributed by atoms with Crippen LogP contribution in [0, 0.1) is 0 Å². The highest BCUT2D eigenvalue weighted by Crippen LogP contribution is 2.29. The SMILES string of the molecule is CCC(N)(CC)CC(F)(F)F. The van der Waals surface area contributed by atoms with Crippen LogP contribution in [-0.4, -0.2) is 11.7 Å². The van der Waals surface area contributed by atoms with Gasteiger partial charge in [-0.1, -0.05) is 13.8 Å². The van der Waals surface area contributed by atoms with E-state index in [1.165, 1.54) is 0 Å². The zero-order chi connectivity index (χ0) is 9.12. The van der Waals surface area contributed by atoms with Crippen LogP contribution in [0.25, 0.3) is 0 Å². The van der Waals surface area contributed by atoms with Crippen molar-refractivity contribution in [3.63, 3.8) is 0 Å². The van der Waals surface area contributed by atoms with Gasteiger partial charge in [0.1, 0.15) is 0 Å². The average Bonchev–Trinajstić information content (AvgIpc) is 1.84. The minimum atomic E-state index is -4.14. The smallest absolute Gasteiger partial charge is 0.325 e. The van der Waals surface area contributed by atoms with Crippen LogP contribution in [0.1, 0.15) is 33.1 Å². The largest absolute Gasteiger partial charge is 0.390 e. The molecule has 1 nitrogen and oxygen atoms in total. The van der Waals surface area contributed by atoms with E-state index >= 15 is 0 Å². The van der Waals surface area contributed by atoms with E-state index in [1.54, 1.807) is 13.8 Å². The molecular formula is C7H14F3N. The molecule has 0 aliphatic heterocycles. The first-order valence-corrected chi connectivity index (χ1v) is 3.68. The molecule has 0 unspecified atom stereocenters. The Bertz CT molecular complexity index is 115. The Morgan fingerprint density at radius 3 is 1.55 bits per heavy atom. The van der Waals surface area contributed by atoms with E-state index in [9.17, 15) is 13.2 Å². The first-order valence-electron chi connectivity index (χ1n) is 3.68. The lowest BCUT2D eigenvalue weighted by atomic mass is 9.90. The molecule has 0 saturated heterocycles. The lowest BCUT2D eigenvalue weighted by molar-refractivity contribution is -0.147. The Kier molecular flexibility index (Phi) is 3.35. The van der Waals surface area contributed by atoms with E-state index in [1.807, 2.05) is 0 Å². The van der Waals surface area contributed by atoms with Gasteiger partial charge in [0.15, 0.2) is 0 Å². The molecule has 0 aromatic carbocycles. The predicted octanol–water partition coefficient (Wildman–Crippen LogP) is 2.46. The molecule has 0 atom stereocenters. The van der Waals surface area contributed by atoms with Gasteiger partial charge >= 0.3 is 6.18 Å². The maximum atomic E-state index is 11.8. The zero-order valence-electron chi connectivity index (χ0n) is 6.83. The fourth-order valence-corrected chi connectivity index (χ4v) is 0.899. The highest BCUT2D eigenvalue weighted by Gasteiger charge is 2.37. The second-order valence-electron chi connectivity index (χ2n) is 2.86. The number of hydrogen-bond acceptors (Lipinski definition) is 1. The lowest BCUT2D eigenvalue weighted by Gasteiger charge is -2.27. The van der Waals surface area contributed by atoms with Crippen LogP contribution in [0.3, 0.4) is 0 Å². The third kappa shape index (κ3) is 4.24. The standard InChI is InChI=1S/C7H14F3N/c1-3-6(11,4-2)5-7(8,9)10/h3-5,11H2,1-2H3. The lowest BCUT2D eigenvalue weighted by Crippen LogP contribution is -2.42. The average molecular weight is 169 g/mol. The second kappa shape index (κ2) is 3.43. The van der Waals surface area contributed by atoms with Gasteiger partial charge in [-0.25, -0.2) is 0 Å². The van der Waals surface area contributed by atoms with Crippen molar-refractivity contribution in [1.82, 2.24) is 0 Å². The number of halogens is 3. The normalized spacial score (nSPS) is 13.6. The van der Waals surface area contributed by atoms with Crippen molar-refractivity contribution in [2.24, 2.45) is 5.73 Å². The van der Waals surface area contributed by atoms with Crippen molar-refractivity contribution < 1.29 is 13.2 Å². The molecule has 11 heavy (non-hydrogen) atoms. The van der Waals surface area contributed by atoms with E-state index in [2.05, 4.69) is 0 Å². The molecule has 0 aromatic heterocycles. The first-order chi connectivity index (χ1) is 4.83. The van der Waals surface area contributed by atoms with E-state index in [4.69, 9.17) is 5.73 Å². The van der Waals surface area contributed by atoms with Crippen LogP contribution >= 0.6 is 0 Å². The van der Waals surface area contributed by atoms with Gasteiger partial charge in [-0.3, -0.25) is 0 Å². The molecule has 2 N–H and O–H groups in total. The third-order valence-corrected chi connectivity index (χ3v) is 1.96. The van der Waals surface area contributed by atoms with Crippen LogP contribution in [0.4, 0.5) is 13.2 Å². The summed E-state index contributed by atoms with van der Waals surface area (Å²) in [5.74, 6) is 0. The van der Waals surface area contributed by atoms with Gasteiger partial charge in [0.25, 0.3) is 0 Å². The summed E-state index contributed by atoms with van der Waals surface area (Å²) in [6.45, 7) is 3.35. The van der Waals surface area contributed by atoms with Gasteiger partial charge in [0.2, 0.25) is 0 Å². The number of alkyl halides is 3. The Balaban J connectivity index is 4.08. The molecule has 0 amide bonds. The molecule has 68 valence electrons. The van der Waals surface area contributed by atoms with Crippen LogP contribution in [0.2, 0.25) is 0 Å². The molecule has 4 heteroatoms. The highest BCUT2D eigenvalue weighted by molar-refractivity contribution is 4.83. The van der Waals surface area contributed by atoms with Crippen molar-refractivity contribution in [3.8, 4) is 0 Å².